The minimum Gasteiger partial charge on any atom is -0.506 e. The molecule has 11 heteroatoms. The minimum absolute atomic E-state index is 0.000823. The lowest BCUT2D eigenvalue weighted by Gasteiger charge is -2.12. The molecule has 2 aromatic carbocycles. The van der Waals surface area contributed by atoms with Gasteiger partial charge in [-0.1, -0.05) is 11.6 Å². The number of phenols is 1. The van der Waals surface area contributed by atoms with Gasteiger partial charge in [0.2, 0.25) is 0 Å². The van der Waals surface area contributed by atoms with Crippen LogP contribution in [0.25, 0.3) is 0 Å². The van der Waals surface area contributed by atoms with Crippen molar-refractivity contribution in [3.8, 4) is 5.75 Å². The van der Waals surface area contributed by atoms with E-state index in [2.05, 4.69) is 5.10 Å². The van der Waals surface area contributed by atoms with Crippen molar-refractivity contribution in [2.45, 2.75) is 6.18 Å². The van der Waals surface area contributed by atoms with E-state index in [1.165, 1.54) is 0 Å². The van der Waals surface area contributed by atoms with Crippen molar-refractivity contribution in [2.75, 3.05) is 0 Å². The second-order valence-electron chi connectivity index (χ2n) is 4.86. The highest BCUT2D eigenvalue weighted by Crippen LogP contribution is 2.38. The zero-order valence-corrected chi connectivity index (χ0v) is 13.4. The number of phenolic OH excluding ortho intramolecular Hbond substituents is 1. The number of nitrogens with one attached hydrogen (secondary N) is 1. The Kier molecular flexibility index (Phi) is 5.46. The second kappa shape index (κ2) is 7.40. The summed E-state index contributed by atoms with van der Waals surface area (Å²) < 4.78 is 38.9. The van der Waals surface area contributed by atoms with Gasteiger partial charge >= 0.3 is 6.18 Å². The summed E-state index contributed by atoms with van der Waals surface area (Å²) >= 11 is 5.59. The molecule has 0 atom stereocenters. The number of amides is 1. The van der Waals surface area contributed by atoms with Crippen molar-refractivity contribution in [1.29, 1.82) is 0 Å². The average molecular weight is 388 g/mol. The van der Waals surface area contributed by atoms with Gasteiger partial charge in [-0.15, -0.1) is 0 Å². The van der Waals surface area contributed by atoms with Crippen LogP contribution in [0.15, 0.2) is 41.5 Å². The van der Waals surface area contributed by atoms with Crippen LogP contribution in [0.5, 0.6) is 5.75 Å². The lowest BCUT2D eigenvalue weighted by atomic mass is 10.1. The fourth-order valence-corrected chi connectivity index (χ4v) is 2.08. The average Bonchev–Trinajstić information content (AvgIpc) is 2.57. The molecule has 0 saturated carbocycles. The Hall–Kier alpha value is -3.14. The summed E-state index contributed by atoms with van der Waals surface area (Å²) in [5, 5.41) is 23.3. The number of carbonyl (C=O) groups excluding carboxylic acids is 1. The van der Waals surface area contributed by atoms with Gasteiger partial charge in [-0.2, -0.15) is 18.3 Å². The van der Waals surface area contributed by atoms with Gasteiger partial charge in [0.05, 0.1) is 27.3 Å². The number of nitro benzene ring substituents is 1. The fourth-order valence-electron chi connectivity index (χ4n) is 1.91. The molecule has 0 aliphatic heterocycles. The molecule has 7 nitrogen and oxygen atoms in total. The third-order valence-electron chi connectivity index (χ3n) is 3.17. The van der Waals surface area contributed by atoms with Crippen LogP contribution < -0.4 is 5.43 Å². The first-order chi connectivity index (χ1) is 12.1. The number of nitrogens with zero attached hydrogens (tertiary/aromatic N) is 2. The normalized spacial score (nSPS) is 11.5. The van der Waals surface area contributed by atoms with Crippen molar-refractivity contribution < 1.29 is 28.0 Å². The Morgan fingerprint density at radius 3 is 2.38 bits per heavy atom. The van der Waals surface area contributed by atoms with Gasteiger partial charge in [0.15, 0.2) is 0 Å². The van der Waals surface area contributed by atoms with Crippen LogP contribution in [-0.4, -0.2) is 22.2 Å². The second-order valence-corrected chi connectivity index (χ2v) is 5.27. The molecule has 26 heavy (non-hydrogen) atoms. The van der Waals surface area contributed by atoms with Crippen LogP contribution in [0.1, 0.15) is 21.5 Å². The number of alkyl halides is 3. The quantitative estimate of drug-likeness (QED) is 0.473. The third-order valence-corrected chi connectivity index (χ3v) is 3.48. The lowest BCUT2D eigenvalue weighted by molar-refractivity contribution is -0.384. The monoisotopic (exact) mass is 387 g/mol. The molecule has 0 aliphatic rings. The van der Waals surface area contributed by atoms with E-state index in [-0.39, 0.29) is 16.3 Å². The van der Waals surface area contributed by atoms with E-state index in [1.54, 1.807) is 0 Å². The van der Waals surface area contributed by atoms with Crippen molar-refractivity contribution in [2.24, 2.45) is 5.10 Å². The van der Waals surface area contributed by atoms with Crippen LogP contribution in [0.4, 0.5) is 18.9 Å². The molecular formula is C15H9ClF3N3O4. The summed E-state index contributed by atoms with van der Waals surface area (Å²) in [6.45, 7) is 0. The Labute approximate surface area is 148 Å². The molecule has 0 radical (unpaired) electrons. The van der Waals surface area contributed by atoms with Gasteiger partial charge < -0.3 is 5.11 Å². The molecule has 0 saturated heterocycles. The van der Waals surface area contributed by atoms with Gasteiger partial charge in [-0.3, -0.25) is 14.9 Å². The number of carbonyl (C=O) groups is 1. The van der Waals surface area contributed by atoms with Gasteiger partial charge in [-0.05, 0) is 24.3 Å². The number of nitro groups is 1. The summed E-state index contributed by atoms with van der Waals surface area (Å²) in [4.78, 5) is 21.7. The maximum atomic E-state index is 13.0. The van der Waals surface area contributed by atoms with Crippen LogP contribution >= 0.6 is 11.6 Å². The maximum absolute atomic E-state index is 13.0. The minimum atomic E-state index is -4.77. The number of rotatable bonds is 4. The first-order valence-corrected chi connectivity index (χ1v) is 7.15. The zero-order chi connectivity index (χ0) is 19.5. The molecule has 2 aromatic rings. The molecule has 0 unspecified atom stereocenters. The first-order valence-electron chi connectivity index (χ1n) is 6.77. The van der Waals surface area contributed by atoms with Gasteiger partial charge in [0.1, 0.15) is 5.75 Å². The molecule has 0 heterocycles. The van der Waals surface area contributed by atoms with Crippen molar-refractivity contribution >= 4 is 29.4 Å². The SMILES string of the molecule is O=C(NN=Cc1c(C(F)(F)F)ccc(Cl)c1O)c1ccc([N+](=O)[O-])cc1. The summed E-state index contributed by atoms with van der Waals surface area (Å²) in [6.07, 6.45) is -4.17. The number of halogens is 4. The first kappa shape index (κ1) is 19.2. The van der Waals surface area contributed by atoms with Crippen LogP contribution in [0.2, 0.25) is 5.02 Å². The highest BCUT2D eigenvalue weighted by molar-refractivity contribution is 6.32. The summed E-state index contributed by atoms with van der Waals surface area (Å²) in [5.74, 6) is -1.65. The summed E-state index contributed by atoms with van der Waals surface area (Å²) in [5.41, 5.74) is -0.174. The van der Waals surface area contributed by atoms with E-state index in [1.807, 2.05) is 5.43 Å². The van der Waals surface area contributed by atoms with E-state index < -0.39 is 33.9 Å². The molecule has 2 rings (SSSR count). The molecule has 2 N–H and O–H groups in total. The number of hydrogen-bond donors (Lipinski definition) is 2. The predicted octanol–water partition coefficient (Wildman–Crippen LogP) is 3.74. The molecule has 0 spiro atoms. The Morgan fingerprint density at radius 1 is 1.23 bits per heavy atom. The van der Waals surface area contributed by atoms with Gasteiger partial charge in [-0.25, -0.2) is 5.43 Å². The fraction of sp³-hybridized carbons (Fsp3) is 0.0667. The third kappa shape index (κ3) is 4.28. The van der Waals surface area contributed by atoms with Crippen LogP contribution in [0.3, 0.4) is 0 Å². The molecule has 1 amide bonds. The predicted molar refractivity (Wildman–Crippen MR) is 86.3 cm³/mol. The number of aromatic hydroxyl groups is 1. The summed E-state index contributed by atoms with van der Waals surface area (Å²) in [6, 6.07) is 6.03. The Balaban J connectivity index is 2.21. The van der Waals surface area contributed by atoms with Crippen molar-refractivity contribution in [3.05, 3.63) is 68.2 Å². The van der Waals surface area contributed by atoms with Gasteiger partial charge in [0, 0.05) is 17.7 Å². The number of hydrogen-bond acceptors (Lipinski definition) is 5. The molecular weight excluding hydrogens is 379 g/mol. The van der Waals surface area contributed by atoms with Crippen LogP contribution in [-0.2, 0) is 6.18 Å². The Bertz CT molecular complexity index is 883. The molecule has 0 bridgehead atoms. The smallest absolute Gasteiger partial charge is 0.417 e. The molecule has 136 valence electrons. The van der Waals surface area contributed by atoms with Gasteiger partial charge in [0.25, 0.3) is 11.6 Å². The molecule has 0 fully saturated rings. The Morgan fingerprint density at radius 2 is 1.85 bits per heavy atom. The zero-order valence-electron chi connectivity index (χ0n) is 12.6. The van der Waals surface area contributed by atoms with E-state index in [0.717, 1.165) is 30.3 Å². The van der Waals surface area contributed by atoms with Crippen molar-refractivity contribution in [1.82, 2.24) is 5.43 Å². The largest absolute Gasteiger partial charge is 0.506 e. The lowest BCUT2D eigenvalue weighted by Crippen LogP contribution is -2.18. The standard InChI is InChI=1S/C15H9ClF3N3O4/c16-12-6-5-11(15(17,18)19)10(13(12)23)7-20-21-14(24)8-1-3-9(4-2-8)22(25)26/h1-7,23H,(H,21,24). The van der Waals surface area contributed by atoms with E-state index in [4.69, 9.17) is 11.6 Å². The maximum Gasteiger partial charge on any atom is 0.417 e. The highest BCUT2D eigenvalue weighted by Gasteiger charge is 2.34. The molecule has 0 aliphatic carbocycles. The molecule has 0 aromatic heterocycles. The van der Waals surface area contributed by atoms with E-state index in [9.17, 15) is 33.2 Å². The topological polar surface area (TPSA) is 105 Å². The van der Waals surface area contributed by atoms with Crippen LogP contribution in [0, 0.1) is 10.1 Å². The number of non-ortho nitro benzene ring substituents is 1. The van der Waals surface area contributed by atoms with E-state index >= 15 is 0 Å². The summed E-state index contributed by atoms with van der Waals surface area (Å²) in [7, 11) is 0. The number of hydrazone groups is 1. The number of benzene rings is 2. The van der Waals surface area contributed by atoms with Crippen molar-refractivity contribution in [3.63, 3.8) is 0 Å². The highest BCUT2D eigenvalue weighted by atomic mass is 35.5. The van der Waals surface area contributed by atoms with E-state index in [0.29, 0.717) is 12.3 Å².